The van der Waals surface area contributed by atoms with E-state index >= 15 is 0 Å². The highest BCUT2D eigenvalue weighted by Gasteiger charge is 2.21. The minimum atomic E-state index is -0.242. The van der Waals surface area contributed by atoms with Crippen molar-refractivity contribution in [2.24, 2.45) is 0 Å². The van der Waals surface area contributed by atoms with Crippen molar-refractivity contribution in [1.82, 2.24) is 9.78 Å². The van der Waals surface area contributed by atoms with Crippen molar-refractivity contribution < 1.29 is 4.79 Å². The molecule has 0 saturated carbocycles. The third-order valence-corrected chi connectivity index (χ3v) is 5.88. The number of aromatic nitrogens is 2. The van der Waals surface area contributed by atoms with E-state index in [4.69, 9.17) is 16.7 Å². The Kier molecular flexibility index (Phi) is 6.54. The van der Waals surface area contributed by atoms with Gasteiger partial charge in [-0.25, -0.2) is 4.68 Å². The molecular weight excluding hydrogens is 474 g/mol. The molecule has 6 heteroatoms. The highest BCUT2D eigenvalue weighted by molar-refractivity contribution is 9.10. The van der Waals surface area contributed by atoms with Crippen LogP contribution in [0.4, 0.5) is 5.82 Å². The van der Waals surface area contributed by atoms with Gasteiger partial charge in [0.2, 0.25) is 5.91 Å². The first kappa shape index (κ1) is 21.3. The van der Waals surface area contributed by atoms with E-state index in [-0.39, 0.29) is 11.8 Å². The fourth-order valence-electron chi connectivity index (χ4n) is 3.48. The minimum Gasteiger partial charge on any atom is -0.310 e. The molecule has 4 rings (SSSR count). The van der Waals surface area contributed by atoms with Gasteiger partial charge in [-0.15, -0.1) is 0 Å². The van der Waals surface area contributed by atoms with Gasteiger partial charge in [0.05, 0.1) is 17.3 Å². The van der Waals surface area contributed by atoms with Crippen LogP contribution in [0.15, 0.2) is 89.4 Å². The SMILES string of the molecule is CCC(C(=O)Nc1cc(-c2ccc(Cl)cc2)nn1-c1ccc(Br)cc1)c1ccccc1. The van der Waals surface area contributed by atoms with Crippen LogP contribution < -0.4 is 5.32 Å². The van der Waals surface area contributed by atoms with Gasteiger partial charge in [-0.3, -0.25) is 4.79 Å². The van der Waals surface area contributed by atoms with E-state index in [0.29, 0.717) is 17.3 Å². The molecule has 0 aliphatic rings. The van der Waals surface area contributed by atoms with Crippen LogP contribution in [-0.4, -0.2) is 15.7 Å². The van der Waals surface area contributed by atoms with Crippen LogP contribution in [-0.2, 0) is 4.79 Å². The fraction of sp³-hybridized carbons (Fsp3) is 0.120. The standard InChI is InChI=1S/C25H21BrClN3O/c1-2-22(17-6-4-3-5-7-17)25(31)28-24-16-23(18-8-12-20(27)13-9-18)29-30(24)21-14-10-19(26)11-15-21/h3-16,22H,2H2,1H3,(H,28,31). The molecule has 1 aromatic heterocycles. The molecule has 1 heterocycles. The number of hydrogen-bond acceptors (Lipinski definition) is 2. The summed E-state index contributed by atoms with van der Waals surface area (Å²) in [6.45, 7) is 2.02. The number of nitrogens with one attached hydrogen (secondary N) is 1. The number of nitrogens with zero attached hydrogens (tertiary/aromatic N) is 2. The van der Waals surface area contributed by atoms with E-state index in [2.05, 4.69) is 21.2 Å². The zero-order valence-electron chi connectivity index (χ0n) is 16.9. The number of anilines is 1. The molecule has 0 aliphatic carbocycles. The summed E-state index contributed by atoms with van der Waals surface area (Å²) in [6, 6.07) is 27.0. The maximum absolute atomic E-state index is 13.2. The van der Waals surface area contributed by atoms with Crippen LogP contribution in [0.1, 0.15) is 24.8 Å². The van der Waals surface area contributed by atoms with Gasteiger partial charge in [-0.05, 0) is 48.4 Å². The average molecular weight is 495 g/mol. The summed E-state index contributed by atoms with van der Waals surface area (Å²) in [5, 5.41) is 8.53. The van der Waals surface area contributed by atoms with Crippen LogP contribution in [0.5, 0.6) is 0 Å². The highest BCUT2D eigenvalue weighted by Crippen LogP contribution is 2.28. The second-order valence-electron chi connectivity index (χ2n) is 7.17. The lowest BCUT2D eigenvalue weighted by molar-refractivity contribution is -0.117. The van der Waals surface area contributed by atoms with Gasteiger partial charge in [0.25, 0.3) is 0 Å². The van der Waals surface area contributed by atoms with Gasteiger partial charge in [-0.1, -0.05) is 76.9 Å². The van der Waals surface area contributed by atoms with Gasteiger partial charge in [-0.2, -0.15) is 5.10 Å². The van der Waals surface area contributed by atoms with Crippen molar-refractivity contribution in [1.29, 1.82) is 0 Å². The van der Waals surface area contributed by atoms with Gasteiger partial charge in [0.1, 0.15) is 5.82 Å². The lowest BCUT2D eigenvalue weighted by atomic mass is 9.96. The van der Waals surface area contributed by atoms with Crippen molar-refractivity contribution in [2.45, 2.75) is 19.3 Å². The van der Waals surface area contributed by atoms with E-state index in [1.165, 1.54) is 0 Å². The highest BCUT2D eigenvalue weighted by atomic mass is 79.9. The molecule has 0 aliphatic heterocycles. The first-order chi connectivity index (χ1) is 15.0. The molecule has 1 N–H and O–H groups in total. The van der Waals surface area contributed by atoms with E-state index < -0.39 is 0 Å². The number of hydrogen-bond donors (Lipinski definition) is 1. The molecule has 0 bridgehead atoms. The number of rotatable bonds is 6. The molecule has 1 amide bonds. The first-order valence-corrected chi connectivity index (χ1v) is 11.2. The predicted molar refractivity (Wildman–Crippen MR) is 130 cm³/mol. The number of benzene rings is 3. The van der Waals surface area contributed by atoms with Gasteiger partial charge in [0.15, 0.2) is 0 Å². The van der Waals surface area contributed by atoms with E-state index in [1.54, 1.807) is 4.68 Å². The number of halogens is 2. The second kappa shape index (κ2) is 9.50. The number of amides is 1. The molecule has 0 fully saturated rings. The Labute approximate surface area is 195 Å². The summed E-state index contributed by atoms with van der Waals surface area (Å²) in [5.41, 5.74) is 3.52. The largest absolute Gasteiger partial charge is 0.310 e. The second-order valence-corrected chi connectivity index (χ2v) is 8.52. The van der Waals surface area contributed by atoms with Crippen molar-refractivity contribution in [2.75, 3.05) is 5.32 Å². The Morgan fingerprint density at radius 2 is 1.71 bits per heavy atom. The Hall–Kier alpha value is -2.89. The summed E-state index contributed by atoms with van der Waals surface area (Å²) in [6.07, 6.45) is 0.701. The van der Waals surface area contributed by atoms with Gasteiger partial charge < -0.3 is 5.32 Å². The molecule has 156 valence electrons. The summed E-state index contributed by atoms with van der Waals surface area (Å²) in [5.74, 6) is 0.315. The third-order valence-electron chi connectivity index (χ3n) is 5.10. The quantitative estimate of drug-likeness (QED) is 0.311. The molecule has 1 atom stereocenters. The Balaban J connectivity index is 1.71. The summed E-state index contributed by atoms with van der Waals surface area (Å²) in [4.78, 5) is 13.2. The monoisotopic (exact) mass is 493 g/mol. The van der Waals surface area contributed by atoms with Crippen LogP contribution in [0.2, 0.25) is 5.02 Å². The van der Waals surface area contributed by atoms with Crippen molar-refractivity contribution in [3.8, 4) is 16.9 Å². The average Bonchev–Trinajstić information content (AvgIpc) is 3.19. The zero-order chi connectivity index (χ0) is 21.8. The topological polar surface area (TPSA) is 46.9 Å². The maximum atomic E-state index is 13.2. The smallest absolute Gasteiger partial charge is 0.233 e. The molecule has 4 aromatic rings. The van der Waals surface area contributed by atoms with E-state index in [1.807, 2.05) is 91.9 Å². The van der Waals surface area contributed by atoms with Crippen LogP contribution in [0.3, 0.4) is 0 Å². The van der Waals surface area contributed by atoms with Crippen LogP contribution >= 0.6 is 27.5 Å². The zero-order valence-corrected chi connectivity index (χ0v) is 19.3. The Morgan fingerprint density at radius 3 is 2.35 bits per heavy atom. The molecule has 0 radical (unpaired) electrons. The molecule has 0 saturated heterocycles. The molecular formula is C25H21BrClN3O. The predicted octanol–water partition coefficient (Wildman–Crippen LogP) is 7.09. The number of carbonyl (C=O) groups excluding carboxylic acids is 1. The number of carbonyl (C=O) groups is 1. The summed E-state index contributed by atoms with van der Waals surface area (Å²) >= 11 is 9.50. The van der Waals surface area contributed by atoms with Gasteiger partial charge in [0, 0.05) is 21.1 Å². The van der Waals surface area contributed by atoms with Crippen molar-refractivity contribution in [3.63, 3.8) is 0 Å². The fourth-order valence-corrected chi connectivity index (χ4v) is 3.87. The summed E-state index contributed by atoms with van der Waals surface area (Å²) < 4.78 is 2.73. The maximum Gasteiger partial charge on any atom is 0.233 e. The minimum absolute atomic E-state index is 0.0605. The molecule has 31 heavy (non-hydrogen) atoms. The first-order valence-electron chi connectivity index (χ1n) is 10.0. The molecule has 0 spiro atoms. The molecule has 4 nitrogen and oxygen atoms in total. The van der Waals surface area contributed by atoms with Crippen LogP contribution in [0, 0.1) is 0 Å². The summed E-state index contributed by atoms with van der Waals surface area (Å²) in [7, 11) is 0. The Bertz CT molecular complexity index is 1170. The third kappa shape index (κ3) is 4.89. The van der Waals surface area contributed by atoms with Crippen LogP contribution in [0.25, 0.3) is 16.9 Å². The van der Waals surface area contributed by atoms with E-state index in [9.17, 15) is 4.79 Å². The van der Waals surface area contributed by atoms with Crippen molar-refractivity contribution >= 4 is 39.3 Å². The van der Waals surface area contributed by atoms with Crippen molar-refractivity contribution in [3.05, 3.63) is 100.0 Å². The molecule has 1 unspecified atom stereocenters. The van der Waals surface area contributed by atoms with E-state index in [0.717, 1.165) is 27.0 Å². The lowest BCUT2D eigenvalue weighted by Gasteiger charge is -2.16. The lowest BCUT2D eigenvalue weighted by Crippen LogP contribution is -2.22. The van der Waals surface area contributed by atoms with Gasteiger partial charge >= 0.3 is 0 Å². The normalized spacial score (nSPS) is 11.8. The molecule has 3 aromatic carbocycles. The Morgan fingerprint density at radius 1 is 1.03 bits per heavy atom.